The van der Waals surface area contributed by atoms with Crippen molar-refractivity contribution in [1.29, 1.82) is 0 Å². The molecule has 1 saturated carbocycles. The monoisotopic (exact) mass is 197 g/mol. The highest BCUT2D eigenvalue weighted by Crippen LogP contribution is 2.40. The van der Waals surface area contributed by atoms with Crippen molar-refractivity contribution in [3.63, 3.8) is 0 Å². The van der Waals surface area contributed by atoms with E-state index in [-0.39, 0.29) is 12.8 Å². The number of aromatic amines is 1. The Labute approximate surface area is 79.7 Å². The van der Waals surface area contributed by atoms with Crippen molar-refractivity contribution >= 4 is 5.97 Å². The molecule has 1 aliphatic carbocycles. The lowest BCUT2D eigenvalue weighted by Crippen LogP contribution is -2.07. The van der Waals surface area contributed by atoms with Gasteiger partial charge in [-0.2, -0.15) is 0 Å². The second kappa shape index (κ2) is 3.32. The van der Waals surface area contributed by atoms with Gasteiger partial charge in [0.1, 0.15) is 0 Å². The van der Waals surface area contributed by atoms with Crippen LogP contribution >= 0.6 is 0 Å². The Hall–Kier alpha value is -1.52. The van der Waals surface area contributed by atoms with Crippen LogP contribution in [0.2, 0.25) is 0 Å². The fourth-order valence-electron chi connectivity index (χ4n) is 1.50. The SMILES string of the molecule is O=C(O)CCc1c(C2CC2)[nH]oc1=O. The molecule has 1 heterocycles. The van der Waals surface area contributed by atoms with E-state index in [2.05, 4.69) is 9.68 Å². The maximum absolute atomic E-state index is 11.2. The largest absolute Gasteiger partial charge is 0.481 e. The third-order valence-corrected chi connectivity index (χ3v) is 2.40. The van der Waals surface area contributed by atoms with Crippen LogP contribution in [0.5, 0.6) is 0 Å². The molecule has 0 atom stereocenters. The van der Waals surface area contributed by atoms with Gasteiger partial charge in [0.05, 0.1) is 11.3 Å². The van der Waals surface area contributed by atoms with Crippen LogP contribution in [0.1, 0.15) is 36.4 Å². The first-order valence-electron chi connectivity index (χ1n) is 4.60. The predicted molar refractivity (Wildman–Crippen MR) is 47.3 cm³/mol. The second-order valence-corrected chi connectivity index (χ2v) is 3.55. The molecule has 0 radical (unpaired) electrons. The first-order valence-corrected chi connectivity index (χ1v) is 4.60. The maximum Gasteiger partial charge on any atom is 0.360 e. The Morgan fingerprint density at radius 3 is 2.86 bits per heavy atom. The summed E-state index contributed by atoms with van der Waals surface area (Å²) in [5, 5.41) is 11.1. The summed E-state index contributed by atoms with van der Waals surface area (Å²) in [6.07, 6.45) is 2.33. The van der Waals surface area contributed by atoms with E-state index in [9.17, 15) is 9.59 Å². The number of hydrogen-bond acceptors (Lipinski definition) is 3. The van der Waals surface area contributed by atoms with E-state index in [1.165, 1.54) is 0 Å². The van der Waals surface area contributed by atoms with E-state index in [1.807, 2.05) is 0 Å². The van der Waals surface area contributed by atoms with Crippen LogP contribution < -0.4 is 5.63 Å². The summed E-state index contributed by atoms with van der Waals surface area (Å²) in [6, 6.07) is 0. The molecule has 2 N–H and O–H groups in total. The van der Waals surface area contributed by atoms with Crippen molar-refractivity contribution in [2.75, 3.05) is 0 Å². The summed E-state index contributed by atoms with van der Waals surface area (Å²) in [6.45, 7) is 0. The Morgan fingerprint density at radius 1 is 1.57 bits per heavy atom. The van der Waals surface area contributed by atoms with E-state index in [4.69, 9.17) is 5.11 Å². The normalized spacial score (nSPS) is 15.7. The quantitative estimate of drug-likeness (QED) is 0.749. The van der Waals surface area contributed by atoms with Gasteiger partial charge in [-0.15, -0.1) is 0 Å². The van der Waals surface area contributed by atoms with Crippen LogP contribution in [-0.2, 0) is 11.2 Å². The lowest BCUT2D eigenvalue weighted by molar-refractivity contribution is -0.136. The molecule has 2 rings (SSSR count). The van der Waals surface area contributed by atoms with Crippen LogP contribution in [0.15, 0.2) is 9.32 Å². The van der Waals surface area contributed by atoms with E-state index < -0.39 is 11.6 Å². The highest BCUT2D eigenvalue weighted by Gasteiger charge is 2.29. The van der Waals surface area contributed by atoms with Crippen molar-refractivity contribution < 1.29 is 14.4 Å². The Morgan fingerprint density at radius 2 is 2.29 bits per heavy atom. The Bertz CT molecular complexity index is 399. The molecule has 0 bridgehead atoms. The molecule has 14 heavy (non-hydrogen) atoms. The molecule has 5 nitrogen and oxygen atoms in total. The molecule has 5 heteroatoms. The first kappa shape index (κ1) is 9.05. The molecule has 1 aromatic heterocycles. The van der Waals surface area contributed by atoms with Crippen molar-refractivity contribution in [3.8, 4) is 0 Å². The van der Waals surface area contributed by atoms with Gasteiger partial charge in [0, 0.05) is 12.3 Å². The van der Waals surface area contributed by atoms with Crippen LogP contribution in [-0.4, -0.2) is 16.2 Å². The summed E-state index contributed by atoms with van der Waals surface area (Å²) in [5.41, 5.74) is 0.888. The van der Waals surface area contributed by atoms with Gasteiger partial charge in [0.2, 0.25) is 0 Å². The average Bonchev–Trinajstić information content (AvgIpc) is 2.88. The van der Waals surface area contributed by atoms with Crippen LogP contribution in [0.3, 0.4) is 0 Å². The van der Waals surface area contributed by atoms with Gasteiger partial charge in [0.15, 0.2) is 0 Å². The van der Waals surface area contributed by atoms with Crippen LogP contribution in [0, 0.1) is 0 Å². The van der Waals surface area contributed by atoms with Crippen LogP contribution in [0.25, 0.3) is 0 Å². The topological polar surface area (TPSA) is 83.3 Å². The highest BCUT2D eigenvalue weighted by atomic mass is 16.5. The Kier molecular flexibility index (Phi) is 2.15. The van der Waals surface area contributed by atoms with Gasteiger partial charge >= 0.3 is 11.6 Å². The van der Waals surface area contributed by atoms with Gasteiger partial charge in [-0.05, 0) is 19.3 Å². The van der Waals surface area contributed by atoms with Gasteiger partial charge < -0.3 is 9.63 Å². The number of carboxylic acid groups (broad SMARTS) is 1. The number of hydrogen-bond donors (Lipinski definition) is 2. The molecule has 1 aliphatic rings. The summed E-state index contributed by atoms with van der Waals surface area (Å²) in [4.78, 5) is 21.6. The lowest BCUT2D eigenvalue weighted by atomic mass is 10.1. The number of nitrogens with one attached hydrogen (secondary N) is 1. The molecule has 1 fully saturated rings. The maximum atomic E-state index is 11.2. The molecule has 0 amide bonds. The highest BCUT2D eigenvalue weighted by molar-refractivity contribution is 5.67. The summed E-state index contributed by atoms with van der Waals surface area (Å²) >= 11 is 0. The zero-order chi connectivity index (χ0) is 10.1. The molecule has 0 aliphatic heterocycles. The van der Waals surface area contributed by atoms with Crippen molar-refractivity contribution in [1.82, 2.24) is 5.16 Å². The van der Waals surface area contributed by atoms with Gasteiger partial charge in [-0.25, -0.2) is 9.95 Å². The summed E-state index contributed by atoms with van der Waals surface area (Å²) in [7, 11) is 0. The molecular weight excluding hydrogens is 186 g/mol. The minimum Gasteiger partial charge on any atom is -0.481 e. The van der Waals surface area contributed by atoms with Crippen molar-refractivity contribution in [2.24, 2.45) is 0 Å². The molecule has 76 valence electrons. The molecule has 0 saturated heterocycles. The smallest absolute Gasteiger partial charge is 0.360 e. The van der Waals surface area contributed by atoms with E-state index in [0.29, 0.717) is 11.5 Å². The summed E-state index contributed by atoms with van der Waals surface area (Å²) in [5.74, 6) is -0.516. The fourth-order valence-corrected chi connectivity index (χ4v) is 1.50. The molecule has 1 aromatic rings. The van der Waals surface area contributed by atoms with Gasteiger partial charge in [0.25, 0.3) is 0 Å². The zero-order valence-electron chi connectivity index (χ0n) is 7.58. The number of aromatic nitrogens is 1. The van der Waals surface area contributed by atoms with Crippen LogP contribution in [0.4, 0.5) is 0 Å². The third kappa shape index (κ3) is 1.71. The molecule has 0 spiro atoms. The Balaban J connectivity index is 2.17. The van der Waals surface area contributed by atoms with E-state index >= 15 is 0 Å². The molecule has 0 aromatic carbocycles. The lowest BCUT2D eigenvalue weighted by Gasteiger charge is -1.95. The average molecular weight is 197 g/mol. The van der Waals surface area contributed by atoms with Gasteiger partial charge in [-0.3, -0.25) is 4.79 Å². The number of rotatable bonds is 4. The number of carbonyl (C=O) groups is 1. The number of carboxylic acids is 1. The van der Waals surface area contributed by atoms with Crippen molar-refractivity contribution in [2.45, 2.75) is 31.6 Å². The van der Waals surface area contributed by atoms with Crippen molar-refractivity contribution in [3.05, 3.63) is 21.7 Å². The summed E-state index contributed by atoms with van der Waals surface area (Å²) < 4.78 is 4.66. The third-order valence-electron chi connectivity index (χ3n) is 2.40. The molecule has 0 unspecified atom stereocenters. The minimum atomic E-state index is -0.896. The standard InChI is InChI=1S/C9H11NO4/c11-7(12)4-3-6-8(5-1-2-5)10-14-9(6)13/h5,10H,1-4H2,(H,11,12). The molecular formula is C9H11NO4. The van der Waals surface area contributed by atoms with Gasteiger partial charge in [-0.1, -0.05) is 0 Å². The minimum absolute atomic E-state index is 0.0255. The predicted octanol–water partition coefficient (Wildman–Crippen LogP) is 0.863. The number of aliphatic carboxylic acids is 1. The fraction of sp³-hybridized carbons (Fsp3) is 0.556. The second-order valence-electron chi connectivity index (χ2n) is 3.55. The number of H-pyrrole nitrogens is 1. The zero-order valence-corrected chi connectivity index (χ0v) is 7.58. The van der Waals surface area contributed by atoms with E-state index in [0.717, 1.165) is 18.5 Å². The van der Waals surface area contributed by atoms with E-state index in [1.54, 1.807) is 0 Å². The first-order chi connectivity index (χ1) is 6.68.